The van der Waals surface area contributed by atoms with E-state index in [1.54, 1.807) is 29.6 Å². The number of thiazole rings is 2. The Morgan fingerprint density at radius 2 is 1.71 bits per heavy atom. The average Bonchev–Trinajstić information content (AvgIpc) is 3.31. The summed E-state index contributed by atoms with van der Waals surface area (Å²) in [6.07, 6.45) is 3.01. The third-order valence-electron chi connectivity index (χ3n) is 4.31. The maximum absolute atomic E-state index is 12.3. The lowest BCUT2D eigenvalue weighted by molar-refractivity contribution is -0.117. The first-order valence-electron chi connectivity index (χ1n) is 9.34. The van der Waals surface area contributed by atoms with E-state index < -0.39 is 10.0 Å². The van der Waals surface area contributed by atoms with Crippen molar-refractivity contribution in [2.45, 2.75) is 19.3 Å². The molecule has 0 saturated heterocycles. The normalized spacial score (nSPS) is 13.6. The lowest BCUT2D eigenvalue weighted by Crippen LogP contribution is -2.15. The number of benzene rings is 1. The smallest absolute Gasteiger partial charge is 0.232 e. The van der Waals surface area contributed by atoms with Crippen LogP contribution < -0.4 is 15.4 Å². The van der Waals surface area contributed by atoms with Crippen LogP contribution >= 0.6 is 22.7 Å². The summed E-state index contributed by atoms with van der Waals surface area (Å²) in [7, 11) is -3.33. The van der Waals surface area contributed by atoms with Crippen molar-refractivity contribution in [3.63, 3.8) is 0 Å². The molecule has 0 aliphatic heterocycles. The first-order chi connectivity index (χ1) is 14.7. The van der Waals surface area contributed by atoms with Crippen molar-refractivity contribution in [2.75, 3.05) is 21.6 Å². The average molecular weight is 478 g/mol. The molecule has 31 heavy (non-hydrogen) atoms. The van der Waals surface area contributed by atoms with Gasteiger partial charge in [0.1, 0.15) is 0 Å². The summed E-state index contributed by atoms with van der Waals surface area (Å²) < 4.78 is 25.0. The molecule has 1 saturated carbocycles. The standard InChI is InChI=1S/C19H19N5O4S3/c1-31(27,28)24-13-6-4-11(5-7-13)15-10-30-19(21-15)22-16(25)8-14-9-29-18(20-14)23-17(26)12-2-3-12/h4-7,9-10,12,24H,2-3,8H2,1H3,(H,20,23,26)(H,21,22,25). The highest BCUT2D eigenvalue weighted by molar-refractivity contribution is 7.92. The number of nitrogens with zero attached hydrogens (tertiary/aromatic N) is 2. The summed E-state index contributed by atoms with van der Waals surface area (Å²) >= 11 is 2.59. The van der Waals surface area contributed by atoms with Crippen molar-refractivity contribution >= 4 is 60.5 Å². The van der Waals surface area contributed by atoms with Gasteiger partial charge in [0.05, 0.1) is 24.1 Å². The summed E-state index contributed by atoms with van der Waals surface area (Å²) in [5.41, 5.74) is 2.52. The van der Waals surface area contributed by atoms with Gasteiger partial charge in [-0.2, -0.15) is 0 Å². The van der Waals surface area contributed by atoms with E-state index in [-0.39, 0.29) is 24.2 Å². The minimum absolute atomic E-state index is 0.0131. The summed E-state index contributed by atoms with van der Waals surface area (Å²) in [4.78, 5) is 32.8. The number of amides is 2. The predicted octanol–water partition coefficient (Wildman–Crippen LogP) is 3.17. The van der Waals surface area contributed by atoms with E-state index in [2.05, 4.69) is 25.3 Å². The van der Waals surface area contributed by atoms with Crippen molar-refractivity contribution in [1.29, 1.82) is 0 Å². The number of hydrogen-bond donors (Lipinski definition) is 3. The largest absolute Gasteiger partial charge is 0.302 e. The van der Waals surface area contributed by atoms with Crippen LogP contribution in [-0.2, 0) is 26.0 Å². The van der Waals surface area contributed by atoms with Crippen LogP contribution in [0.5, 0.6) is 0 Å². The molecule has 2 amide bonds. The Bertz CT molecular complexity index is 1210. The Hall–Kier alpha value is -2.83. The Kier molecular flexibility index (Phi) is 6.03. The predicted molar refractivity (Wildman–Crippen MR) is 122 cm³/mol. The van der Waals surface area contributed by atoms with Gasteiger partial charge in [-0.15, -0.1) is 22.7 Å². The number of carbonyl (C=O) groups is 2. The first-order valence-corrected chi connectivity index (χ1v) is 13.0. The highest BCUT2D eigenvalue weighted by atomic mass is 32.2. The summed E-state index contributed by atoms with van der Waals surface area (Å²) in [5.74, 6) is -0.165. The molecule has 3 N–H and O–H groups in total. The highest BCUT2D eigenvalue weighted by Crippen LogP contribution is 2.31. The molecule has 12 heteroatoms. The maximum atomic E-state index is 12.3. The van der Waals surface area contributed by atoms with Crippen LogP contribution in [0.1, 0.15) is 18.5 Å². The van der Waals surface area contributed by atoms with Crippen LogP contribution in [0, 0.1) is 5.92 Å². The molecular formula is C19H19N5O4S3. The molecule has 0 spiro atoms. The molecule has 0 bridgehead atoms. The lowest BCUT2D eigenvalue weighted by Gasteiger charge is -2.04. The van der Waals surface area contributed by atoms with Gasteiger partial charge >= 0.3 is 0 Å². The van der Waals surface area contributed by atoms with Crippen molar-refractivity contribution in [2.24, 2.45) is 5.92 Å². The van der Waals surface area contributed by atoms with Crippen molar-refractivity contribution < 1.29 is 18.0 Å². The van der Waals surface area contributed by atoms with E-state index in [1.807, 2.05) is 5.38 Å². The summed E-state index contributed by atoms with van der Waals surface area (Å²) in [5, 5.41) is 10.0. The molecule has 1 aromatic carbocycles. The monoisotopic (exact) mass is 477 g/mol. The Labute approximate surface area is 187 Å². The molecule has 2 heterocycles. The molecule has 1 fully saturated rings. The number of rotatable bonds is 8. The fourth-order valence-corrected chi connectivity index (χ4v) is 4.73. The maximum Gasteiger partial charge on any atom is 0.232 e. The number of anilines is 3. The zero-order valence-corrected chi connectivity index (χ0v) is 18.9. The van der Waals surface area contributed by atoms with Gasteiger partial charge in [-0.05, 0) is 25.0 Å². The zero-order chi connectivity index (χ0) is 22.0. The Balaban J connectivity index is 1.32. The van der Waals surface area contributed by atoms with Gasteiger partial charge in [0, 0.05) is 27.9 Å². The minimum Gasteiger partial charge on any atom is -0.302 e. The number of aromatic nitrogens is 2. The van der Waals surface area contributed by atoms with Crippen LogP contribution in [0.15, 0.2) is 35.0 Å². The number of nitrogens with one attached hydrogen (secondary N) is 3. The summed E-state index contributed by atoms with van der Waals surface area (Å²) in [6.45, 7) is 0. The summed E-state index contributed by atoms with van der Waals surface area (Å²) in [6, 6.07) is 6.80. The van der Waals surface area contributed by atoms with Gasteiger partial charge in [0.2, 0.25) is 21.8 Å². The van der Waals surface area contributed by atoms with Gasteiger partial charge in [0.15, 0.2) is 10.3 Å². The van der Waals surface area contributed by atoms with Crippen LogP contribution in [0.25, 0.3) is 11.3 Å². The van der Waals surface area contributed by atoms with Gasteiger partial charge in [0.25, 0.3) is 0 Å². The number of sulfonamides is 1. The fraction of sp³-hybridized carbons (Fsp3) is 0.263. The van der Waals surface area contributed by atoms with Crippen LogP contribution in [-0.4, -0.2) is 36.5 Å². The molecule has 0 radical (unpaired) electrons. The van der Waals surface area contributed by atoms with Crippen LogP contribution in [0.2, 0.25) is 0 Å². The van der Waals surface area contributed by atoms with E-state index in [1.165, 1.54) is 22.7 Å². The van der Waals surface area contributed by atoms with Crippen molar-refractivity contribution in [1.82, 2.24) is 9.97 Å². The van der Waals surface area contributed by atoms with E-state index >= 15 is 0 Å². The van der Waals surface area contributed by atoms with E-state index in [0.717, 1.165) is 24.7 Å². The Morgan fingerprint density at radius 1 is 1.03 bits per heavy atom. The second kappa shape index (κ2) is 8.73. The zero-order valence-electron chi connectivity index (χ0n) is 16.4. The molecule has 0 unspecified atom stereocenters. The molecule has 4 rings (SSSR count). The Morgan fingerprint density at radius 3 is 2.39 bits per heavy atom. The first kappa shape index (κ1) is 21.4. The third kappa shape index (κ3) is 6.09. The number of carbonyl (C=O) groups excluding carboxylic acids is 2. The topological polar surface area (TPSA) is 130 Å². The third-order valence-corrected chi connectivity index (χ3v) is 6.48. The van der Waals surface area contributed by atoms with E-state index in [0.29, 0.717) is 27.3 Å². The van der Waals surface area contributed by atoms with E-state index in [4.69, 9.17) is 0 Å². The molecule has 0 atom stereocenters. The molecule has 2 aromatic heterocycles. The van der Waals surface area contributed by atoms with Gasteiger partial charge in [-0.25, -0.2) is 18.4 Å². The van der Waals surface area contributed by atoms with Crippen molar-refractivity contribution in [3.05, 3.63) is 40.7 Å². The molecule has 162 valence electrons. The van der Waals surface area contributed by atoms with Crippen LogP contribution in [0.3, 0.4) is 0 Å². The van der Waals surface area contributed by atoms with Crippen LogP contribution in [0.4, 0.5) is 16.0 Å². The highest BCUT2D eigenvalue weighted by Gasteiger charge is 2.30. The SMILES string of the molecule is CS(=O)(=O)Nc1ccc(-c2csc(NC(=O)Cc3csc(NC(=O)C4CC4)n3)n2)cc1. The molecule has 1 aliphatic rings. The second-order valence-electron chi connectivity index (χ2n) is 7.12. The van der Waals surface area contributed by atoms with Gasteiger partial charge < -0.3 is 10.6 Å². The fourth-order valence-electron chi connectivity index (χ4n) is 2.71. The lowest BCUT2D eigenvalue weighted by atomic mass is 10.1. The van der Waals surface area contributed by atoms with E-state index in [9.17, 15) is 18.0 Å². The molecule has 9 nitrogen and oxygen atoms in total. The van der Waals surface area contributed by atoms with Gasteiger partial charge in [-0.3, -0.25) is 14.3 Å². The van der Waals surface area contributed by atoms with Gasteiger partial charge in [-0.1, -0.05) is 12.1 Å². The quantitative estimate of drug-likeness (QED) is 0.457. The second-order valence-corrected chi connectivity index (χ2v) is 10.6. The molecule has 3 aromatic rings. The minimum atomic E-state index is -3.33. The molecule has 1 aliphatic carbocycles. The molecular weight excluding hydrogens is 458 g/mol. The number of hydrogen-bond acceptors (Lipinski definition) is 8. The van der Waals surface area contributed by atoms with Crippen molar-refractivity contribution in [3.8, 4) is 11.3 Å².